The first-order valence-electron chi connectivity index (χ1n) is 13.2. The van der Waals surface area contributed by atoms with Gasteiger partial charge in [-0.2, -0.15) is 0 Å². The maximum Gasteiger partial charge on any atom is 0.166 e. The van der Waals surface area contributed by atoms with E-state index < -0.39 is 45.2 Å². The summed E-state index contributed by atoms with van der Waals surface area (Å²) in [5.41, 5.74) is -2.42. The molecule has 4 heteroatoms. The minimum atomic E-state index is -1.30. The Labute approximate surface area is 221 Å². The fourth-order valence-electron chi connectivity index (χ4n) is 6.10. The number of rotatable bonds is 6. The van der Waals surface area contributed by atoms with Crippen molar-refractivity contribution in [3.05, 3.63) is 107 Å². The van der Waals surface area contributed by atoms with Gasteiger partial charge in [-0.05, 0) is 68.0 Å². The van der Waals surface area contributed by atoms with Crippen molar-refractivity contribution in [2.24, 2.45) is 0 Å². The van der Waals surface area contributed by atoms with Gasteiger partial charge in [0.2, 0.25) is 0 Å². The molecule has 0 fully saturated rings. The van der Waals surface area contributed by atoms with Crippen LogP contribution in [0.1, 0.15) is 64.2 Å². The zero-order chi connectivity index (χ0) is 27.4. The third-order valence-corrected chi connectivity index (χ3v) is 8.59. The van der Waals surface area contributed by atoms with Gasteiger partial charge in [0, 0.05) is 11.1 Å². The van der Waals surface area contributed by atoms with Gasteiger partial charge < -0.3 is 0 Å². The number of hydrogen-bond acceptors (Lipinski definition) is 0. The van der Waals surface area contributed by atoms with Crippen molar-refractivity contribution in [2.75, 3.05) is 0 Å². The van der Waals surface area contributed by atoms with Crippen LogP contribution in [-0.4, -0.2) is 0 Å². The van der Waals surface area contributed by atoms with Gasteiger partial charge in [0.15, 0.2) is 23.3 Å². The highest BCUT2D eigenvalue weighted by Gasteiger charge is 2.39. The summed E-state index contributed by atoms with van der Waals surface area (Å²) in [6, 6.07) is 22.2. The SMILES string of the molecule is CCC(C)(CC)c1c(F)c(F)c(C(C)(C)Cc2cccc3c4ccccc4c4ccccc4c23)c(F)c1F. The molecule has 38 heavy (non-hydrogen) atoms. The fraction of sp³-hybridized carbons (Fsp3) is 0.294. The molecule has 5 rings (SSSR count). The van der Waals surface area contributed by atoms with E-state index >= 15 is 17.6 Å². The van der Waals surface area contributed by atoms with Gasteiger partial charge >= 0.3 is 0 Å². The van der Waals surface area contributed by atoms with Crippen molar-refractivity contribution in [1.82, 2.24) is 0 Å². The molecule has 0 unspecified atom stereocenters. The van der Waals surface area contributed by atoms with Gasteiger partial charge in [0.05, 0.1) is 0 Å². The van der Waals surface area contributed by atoms with E-state index in [1.165, 1.54) is 0 Å². The fourth-order valence-corrected chi connectivity index (χ4v) is 6.10. The summed E-state index contributed by atoms with van der Waals surface area (Å²) in [5, 5.41) is 6.33. The van der Waals surface area contributed by atoms with Crippen LogP contribution in [0.4, 0.5) is 17.6 Å². The van der Waals surface area contributed by atoms with Gasteiger partial charge in [-0.25, -0.2) is 17.6 Å². The third kappa shape index (κ3) is 3.88. The lowest BCUT2D eigenvalue weighted by molar-refractivity contribution is 0.339. The van der Waals surface area contributed by atoms with E-state index in [-0.39, 0.29) is 6.42 Å². The summed E-state index contributed by atoms with van der Waals surface area (Å²) in [7, 11) is 0. The summed E-state index contributed by atoms with van der Waals surface area (Å²) in [4.78, 5) is 0. The summed E-state index contributed by atoms with van der Waals surface area (Å²) in [6.45, 7) is 8.47. The topological polar surface area (TPSA) is 0 Å². The Morgan fingerprint density at radius 3 is 1.39 bits per heavy atom. The first-order chi connectivity index (χ1) is 18.1. The van der Waals surface area contributed by atoms with Crippen molar-refractivity contribution in [1.29, 1.82) is 0 Å². The van der Waals surface area contributed by atoms with Crippen LogP contribution in [0.3, 0.4) is 0 Å². The molecule has 0 aliphatic heterocycles. The van der Waals surface area contributed by atoms with E-state index in [0.29, 0.717) is 12.8 Å². The molecule has 5 aromatic rings. The molecule has 0 N–H and O–H groups in total. The first kappa shape index (κ1) is 26.2. The molecule has 0 saturated carbocycles. The normalized spacial score (nSPS) is 12.7. The third-order valence-electron chi connectivity index (χ3n) is 8.59. The van der Waals surface area contributed by atoms with Crippen LogP contribution < -0.4 is 0 Å². The van der Waals surface area contributed by atoms with E-state index in [1.54, 1.807) is 34.6 Å². The van der Waals surface area contributed by atoms with Gasteiger partial charge in [0.25, 0.3) is 0 Å². The van der Waals surface area contributed by atoms with E-state index in [4.69, 9.17) is 0 Å². The number of halogens is 4. The first-order valence-corrected chi connectivity index (χ1v) is 13.2. The Kier molecular flexibility index (Phi) is 6.49. The molecule has 0 spiro atoms. The molecule has 0 radical (unpaired) electrons. The minimum absolute atomic E-state index is 0.192. The molecule has 0 nitrogen and oxygen atoms in total. The molecular formula is C34H32F4. The summed E-state index contributed by atoms with van der Waals surface area (Å²) < 4.78 is 62.4. The molecular weight excluding hydrogens is 484 g/mol. The molecule has 0 atom stereocenters. The second-order valence-electron chi connectivity index (χ2n) is 11.3. The van der Waals surface area contributed by atoms with Crippen LogP contribution in [0.5, 0.6) is 0 Å². The van der Waals surface area contributed by atoms with Crippen LogP contribution in [-0.2, 0) is 17.3 Å². The lowest BCUT2D eigenvalue weighted by Crippen LogP contribution is -2.30. The van der Waals surface area contributed by atoms with E-state index in [2.05, 4.69) is 18.2 Å². The molecule has 0 aromatic heterocycles. The highest BCUT2D eigenvalue weighted by molar-refractivity contribution is 6.26. The van der Waals surface area contributed by atoms with Gasteiger partial charge in [0.1, 0.15) is 0 Å². The quantitative estimate of drug-likeness (QED) is 0.120. The Morgan fingerprint density at radius 2 is 0.921 bits per heavy atom. The number of benzene rings is 5. The Morgan fingerprint density at radius 1 is 0.526 bits per heavy atom. The standard InChI is InChI=1S/C34H32F4/c1-6-34(5,7-2)28-31(37)29(35)27(30(36)32(28)38)33(3,4)19-20-13-12-18-25-23-15-9-8-14-21(23)22-16-10-11-17-24(22)26(20)25/h8-18H,6-7,19H2,1-5H3. The lowest BCUT2D eigenvalue weighted by Gasteiger charge is -2.32. The zero-order valence-electron chi connectivity index (χ0n) is 22.5. The monoisotopic (exact) mass is 516 g/mol. The highest BCUT2D eigenvalue weighted by atomic mass is 19.2. The molecule has 0 saturated heterocycles. The Bertz CT molecular complexity index is 1620. The molecule has 0 bridgehead atoms. The van der Waals surface area contributed by atoms with Crippen LogP contribution >= 0.6 is 0 Å². The van der Waals surface area contributed by atoms with Crippen LogP contribution in [0.2, 0.25) is 0 Å². The van der Waals surface area contributed by atoms with Crippen LogP contribution in [0, 0.1) is 23.3 Å². The second-order valence-corrected chi connectivity index (χ2v) is 11.3. The molecule has 196 valence electrons. The zero-order valence-corrected chi connectivity index (χ0v) is 22.5. The van der Waals surface area contributed by atoms with Crippen molar-refractivity contribution < 1.29 is 17.6 Å². The molecule has 0 heterocycles. The van der Waals surface area contributed by atoms with Crippen LogP contribution in [0.25, 0.3) is 32.3 Å². The van der Waals surface area contributed by atoms with Crippen molar-refractivity contribution in [3.63, 3.8) is 0 Å². The van der Waals surface area contributed by atoms with E-state index in [1.807, 2.05) is 48.5 Å². The molecule has 0 aliphatic carbocycles. The second kappa shape index (κ2) is 9.41. The van der Waals surface area contributed by atoms with E-state index in [9.17, 15) is 0 Å². The minimum Gasteiger partial charge on any atom is -0.203 e. The molecule has 0 amide bonds. The predicted molar refractivity (Wildman–Crippen MR) is 150 cm³/mol. The number of hydrogen-bond donors (Lipinski definition) is 0. The Balaban J connectivity index is 1.74. The van der Waals surface area contributed by atoms with Crippen molar-refractivity contribution >= 4 is 32.3 Å². The van der Waals surface area contributed by atoms with Gasteiger partial charge in [-0.3, -0.25) is 0 Å². The summed E-state index contributed by atoms with van der Waals surface area (Å²) in [6.07, 6.45) is 0.906. The predicted octanol–water partition coefficient (Wildman–Crippen LogP) is 10.3. The average molecular weight is 517 g/mol. The number of fused-ring (bicyclic) bond motifs is 6. The van der Waals surface area contributed by atoms with Crippen molar-refractivity contribution in [3.8, 4) is 0 Å². The highest BCUT2D eigenvalue weighted by Crippen LogP contribution is 2.43. The van der Waals surface area contributed by atoms with Crippen LogP contribution in [0.15, 0.2) is 66.7 Å². The summed E-state index contributed by atoms with van der Waals surface area (Å²) >= 11 is 0. The largest absolute Gasteiger partial charge is 0.203 e. The van der Waals surface area contributed by atoms with Crippen molar-refractivity contribution in [2.45, 2.75) is 64.7 Å². The maximum absolute atomic E-state index is 15.7. The van der Waals surface area contributed by atoms with E-state index in [0.717, 1.165) is 37.9 Å². The average Bonchev–Trinajstić information content (AvgIpc) is 2.91. The van der Waals surface area contributed by atoms with Gasteiger partial charge in [-0.1, -0.05) is 101 Å². The smallest absolute Gasteiger partial charge is 0.166 e. The molecule has 0 aliphatic rings. The Hall–Kier alpha value is -3.40. The summed E-state index contributed by atoms with van der Waals surface area (Å²) in [5.74, 6) is -5.17. The molecule has 5 aromatic carbocycles. The lowest BCUT2D eigenvalue weighted by atomic mass is 9.73. The van der Waals surface area contributed by atoms with Gasteiger partial charge in [-0.15, -0.1) is 0 Å². The maximum atomic E-state index is 15.7.